The molecule has 3 N–H and O–H groups in total. The van der Waals surface area contributed by atoms with Crippen molar-refractivity contribution in [2.75, 3.05) is 13.1 Å². The molecule has 0 amide bonds. The predicted octanol–water partition coefficient (Wildman–Crippen LogP) is 3.18. The Kier molecular flexibility index (Phi) is 4.60. The Balaban J connectivity index is 1.36. The molecule has 0 radical (unpaired) electrons. The van der Waals surface area contributed by atoms with Gasteiger partial charge in [-0.1, -0.05) is 6.07 Å². The maximum Gasteiger partial charge on any atom is 0.115 e. The van der Waals surface area contributed by atoms with Gasteiger partial charge in [-0.15, -0.1) is 0 Å². The minimum Gasteiger partial charge on any atom is -0.508 e. The molecule has 2 bridgehead atoms. The number of fused-ring (bicyclic) bond motifs is 2. The number of rotatable bonds is 3. The number of phenolic OH excluding ortho intramolecular Hbond substituents is 1. The molecular formula is C28H37N3O3. The van der Waals surface area contributed by atoms with E-state index in [1.54, 1.807) is 0 Å². The van der Waals surface area contributed by atoms with Crippen molar-refractivity contribution in [1.29, 1.82) is 0 Å². The summed E-state index contributed by atoms with van der Waals surface area (Å²) in [6.45, 7) is 4.22. The van der Waals surface area contributed by atoms with Crippen LogP contribution in [0.4, 0.5) is 0 Å². The number of aromatic hydroxyl groups is 1. The van der Waals surface area contributed by atoms with Crippen LogP contribution in [0.3, 0.4) is 0 Å². The van der Waals surface area contributed by atoms with Crippen molar-refractivity contribution in [2.24, 2.45) is 5.92 Å². The normalized spacial score (nSPS) is 37.1. The van der Waals surface area contributed by atoms with E-state index in [1.807, 2.05) is 12.1 Å². The van der Waals surface area contributed by atoms with E-state index >= 15 is 0 Å². The minimum atomic E-state index is -0.852. The van der Waals surface area contributed by atoms with Gasteiger partial charge in [0, 0.05) is 36.5 Å². The SMILES string of the molecule is Cc1nn([C@H]2CC[C@@H](O)CC2)c2c1C[C@@]1(O)[C@H]3Cc4ccc(O)cc4[C@@]1(CCN3CC1CC1)C2. The molecular weight excluding hydrogens is 426 g/mol. The summed E-state index contributed by atoms with van der Waals surface area (Å²) in [5, 5.41) is 38.3. The van der Waals surface area contributed by atoms with Gasteiger partial charge in [0.1, 0.15) is 5.75 Å². The number of aliphatic hydroxyl groups excluding tert-OH is 1. The summed E-state index contributed by atoms with van der Waals surface area (Å²) in [7, 11) is 0. The fraction of sp³-hybridized carbons (Fsp3) is 0.679. The summed E-state index contributed by atoms with van der Waals surface area (Å²) in [6, 6.07) is 6.30. The first-order valence-electron chi connectivity index (χ1n) is 13.4. The summed E-state index contributed by atoms with van der Waals surface area (Å²) in [6.07, 6.45) is 9.24. The fourth-order valence-corrected chi connectivity index (χ4v) is 8.07. The topological polar surface area (TPSA) is 81.8 Å². The van der Waals surface area contributed by atoms with Crippen LogP contribution >= 0.6 is 0 Å². The summed E-state index contributed by atoms with van der Waals surface area (Å²) >= 11 is 0. The molecule has 7 rings (SSSR count). The number of phenols is 1. The van der Waals surface area contributed by atoms with E-state index in [-0.39, 0.29) is 12.1 Å². The second kappa shape index (κ2) is 7.31. The van der Waals surface area contributed by atoms with Gasteiger partial charge < -0.3 is 15.3 Å². The molecule has 4 aliphatic carbocycles. The maximum absolute atomic E-state index is 12.7. The van der Waals surface area contributed by atoms with Crippen LogP contribution in [0.1, 0.15) is 79.1 Å². The zero-order chi connectivity index (χ0) is 23.2. The van der Waals surface area contributed by atoms with E-state index in [9.17, 15) is 15.3 Å². The van der Waals surface area contributed by atoms with Gasteiger partial charge in [-0.25, -0.2) is 0 Å². The fourth-order valence-electron chi connectivity index (χ4n) is 8.07. The maximum atomic E-state index is 12.7. The van der Waals surface area contributed by atoms with Crippen LogP contribution < -0.4 is 0 Å². The van der Waals surface area contributed by atoms with E-state index in [2.05, 4.69) is 22.6 Å². The first-order chi connectivity index (χ1) is 16.4. The zero-order valence-corrected chi connectivity index (χ0v) is 20.2. The monoisotopic (exact) mass is 463 g/mol. The molecule has 6 heteroatoms. The van der Waals surface area contributed by atoms with Crippen LogP contribution in [0.5, 0.6) is 5.75 Å². The van der Waals surface area contributed by atoms with Gasteiger partial charge in [-0.2, -0.15) is 5.10 Å². The lowest BCUT2D eigenvalue weighted by Crippen LogP contribution is -2.74. The van der Waals surface area contributed by atoms with Crippen LogP contribution in [0, 0.1) is 12.8 Å². The van der Waals surface area contributed by atoms with E-state index < -0.39 is 11.0 Å². The average Bonchev–Trinajstić information content (AvgIpc) is 3.58. The van der Waals surface area contributed by atoms with Crippen LogP contribution in [-0.4, -0.2) is 60.8 Å². The summed E-state index contributed by atoms with van der Waals surface area (Å²) < 4.78 is 2.27. The lowest BCUT2D eigenvalue weighted by molar-refractivity contribution is -0.152. The van der Waals surface area contributed by atoms with Crippen molar-refractivity contribution in [2.45, 2.75) is 100 Å². The van der Waals surface area contributed by atoms with E-state index in [4.69, 9.17) is 5.10 Å². The molecule has 1 aromatic heterocycles. The predicted molar refractivity (Wildman–Crippen MR) is 129 cm³/mol. The Morgan fingerprint density at radius 2 is 1.88 bits per heavy atom. The largest absolute Gasteiger partial charge is 0.508 e. The molecule has 5 aliphatic rings. The lowest BCUT2D eigenvalue weighted by Gasteiger charge is -2.63. The highest BCUT2D eigenvalue weighted by Crippen LogP contribution is 2.58. The number of hydrogen-bond donors (Lipinski definition) is 3. The van der Waals surface area contributed by atoms with Crippen LogP contribution in [-0.2, 0) is 24.7 Å². The smallest absolute Gasteiger partial charge is 0.115 e. The van der Waals surface area contributed by atoms with Crippen molar-refractivity contribution in [1.82, 2.24) is 14.7 Å². The number of aliphatic hydroxyl groups is 2. The molecule has 1 aliphatic heterocycles. The first-order valence-corrected chi connectivity index (χ1v) is 13.4. The van der Waals surface area contributed by atoms with Gasteiger partial charge in [-0.05, 0) is 99.6 Å². The number of aryl methyl sites for hydroxylation is 1. The quantitative estimate of drug-likeness (QED) is 0.651. The van der Waals surface area contributed by atoms with Crippen molar-refractivity contribution >= 4 is 0 Å². The van der Waals surface area contributed by atoms with Crippen molar-refractivity contribution in [3.63, 3.8) is 0 Å². The highest BCUT2D eigenvalue weighted by molar-refractivity contribution is 5.52. The summed E-state index contributed by atoms with van der Waals surface area (Å²) in [5.74, 6) is 1.09. The Labute approximate surface area is 201 Å². The van der Waals surface area contributed by atoms with Crippen LogP contribution in [0.15, 0.2) is 18.2 Å². The Bertz CT molecular complexity index is 1130. The van der Waals surface area contributed by atoms with Gasteiger partial charge in [0.05, 0.1) is 23.4 Å². The Hall–Kier alpha value is -1.89. The number of aromatic nitrogens is 2. The molecule has 34 heavy (non-hydrogen) atoms. The van der Waals surface area contributed by atoms with Gasteiger partial charge >= 0.3 is 0 Å². The van der Waals surface area contributed by atoms with Crippen molar-refractivity contribution in [3.8, 4) is 5.75 Å². The number of benzene rings is 1. The number of likely N-dealkylation sites (tertiary alicyclic amines) is 1. The van der Waals surface area contributed by atoms with Gasteiger partial charge in [0.15, 0.2) is 0 Å². The number of hydrogen-bond acceptors (Lipinski definition) is 5. The number of piperidine rings is 1. The van der Waals surface area contributed by atoms with Crippen molar-refractivity contribution in [3.05, 3.63) is 46.3 Å². The molecule has 6 nitrogen and oxygen atoms in total. The third-order valence-corrected chi connectivity index (χ3v) is 10.1. The van der Waals surface area contributed by atoms with E-state index in [0.717, 1.165) is 75.2 Å². The van der Waals surface area contributed by atoms with E-state index in [1.165, 1.54) is 29.7 Å². The molecule has 3 atom stereocenters. The molecule has 0 spiro atoms. The Morgan fingerprint density at radius 1 is 1.09 bits per heavy atom. The highest BCUT2D eigenvalue weighted by Gasteiger charge is 2.65. The lowest BCUT2D eigenvalue weighted by atomic mass is 9.49. The first kappa shape index (κ1) is 21.4. The molecule has 2 saturated carbocycles. The van der Waals surface area contributed by atoms with Gasteiger partial charge in [0.25, 0.3) is 0 Å². The summed E-state index contributed by atoms with van der Waals surface area (Å²) in [4.78, 5) is 2.60. The van der Waals surface area contributed by atoms with Crippen molar-refractivity contribution < 1.29 is 15.3 Å². The van der Waals surface area contributed by atoms with E-state index in [0.29, 0.717) is 18.2 Å². The zero-order valence-electron chi connectivity index (χ0n) is 20.2. The third kappa shape index (κ3) is 2.94. The molecule has 3 fully saturated rings. The van der Waals surface area contributed by atoms with Crippen LogP contribution in [0.25, 0.3) is 0 Å². The third-order valence-electron chi connectivity index (χ3n) is 10.1. The minimum absolute atomic E-state index is 0.111. The molecule has 2 heterocycles. The second-order valence-corrected chi connectivity index (χ2v) is 12.0. The molecule has 1 aromatic carbocycles. The Morgan fingerprint density at radius 3 is 2.65 bits per heavy atom. The number of nitrogens with zero attached hydrogens (tertiary/aromatic N) is 3. The molecule has 0 unspecified atom stereocenters. The average molecular weight is 464 g/mol. The van der Waals surface area contributed by atoms with Crippen LogP contribution in [0.2, 0.25) is 0 Å². The summed E-state index contributed by atoms with van der Waals surface area (Å²) in [5.41, 5.74) is 4.79. The molecule has 1 saturated heterocycles. The van der Waals surface area contributed by atoms with Gasteiger partial charge in [0.2, 0.25) is 0 Å². The molecule has 182 valence electrons. The molecule has 2 aromatic rings. The highest BCUT2D eigenvalue weighted by atomic mass is 16.3. The standard InChI is InChI=1S/C28H37N3O3/c1-17-23-14-28(34)26-12-19-4-7-22(33)13-24(19)27(28,10-11-30(26)16-18-2-3-18)15-25(23)31(29-17)20-5-8-21(32)9-6-20/h4,7,13,18,20-21,26,32-34H,2-3,5-6,8-12,14-16H2,1H3/t20-,21+,26-,27-,28-/m1/s1. The second-order valence-electron chi connectivity index (χ2n) is 12.0. The van der Waals surface area contributed by atoms with Gasteiger partial charge in [-0.3, -0.25) is 9.58 Å².